The fourth-order valence-corrected chi connectivity index (χ4v) is 2.11. The van der Waals surface area contributed by atoms with Gasteiger partial charge in [0.15, 0.2) is 16.6 Å². The van der Waals surface area contributed by atoms with Crippen LogP contribution in [0.25, 0.3) is 4.96 Å². The third kappa shape index (κ3) is 1.07. The SMILES string of the molecule is CC(=O)c1nn2c(C3CC3)nnc2s1. The van der Waals surface area contributed by atoms with E-state index in [2.05, 4.69) is 15.3 Å². The van der Waals surface area contributed by atoms with Crippen molar-refractivity contribution < 1.29 is 4.79 Å². The van der Waals surface area contributed by atoms with Gasteiger partial charge in [-0.1, -0.05) is 11.3 Å². The minimum absolute atomic E-state index is 0.0118. The first kappa shape index (κ1) is 8.05. The van der Waals surface area contributed by atoms with E-state index in [9.17, 15) is 4.79 Å². The maximum absolute atomic E-state index is 11.1. The van der Waals surface area contributed by atoms with Gasteiger partial charge in [0, 0.05) is 12.8 Å². The van der Waals surface area contributed by atoms with E-state index in [-0.39, 0.29) is 5.78 Å². The molecule has 0 unspecified atom stereocenters. The molecular formula is C8H8N4OS. The second-order valence-electron chi connectivity index (χ2n) is 3.49. The predicted octanol–water partition coefficient (Wildman–Crippen LogP) is 1.27. The molecule has 0 amide bonds. The van der Waals surface area contributed by atoms with Crippen LogP contribution in [-0.2, 0) is 0 Å². The second kappa shape index (κ2) is 2.60. The summed E-state index contributed by atoms with van der Waals surface area (Å²) in [6, 6.07) is 0. The molecule has 0 atom stereocenters. The highest BCUT2D eigenvalue weighted by atomic mass is 32.1. The minimum atomic E-state index is -0.0118. The summed E-state index contributed by atoms with van der Waals surface area (Å²) in [4.78, 5) is 11.8. The monoisotopic (exact) mass is 208 g/mol. The van der Waals surface area contributed by atoms with Crippen molar-refractivity contribution in [2.45, 2.75) is 25.7 Å². The summed E-state index contributed by atoms with van der Waals surface area (Å²) in [5.41, 5.74) is 0. The summed E-state index contributed by atoms with van der Waals surface area (Å²) in [5.74, 6) is 1.40. The van der Waals surface area contributed by atoms with Crippen molar-refractivity contribution in [2.75, 3.05) is 0 Å². The van der Waals surface area contributed by atoms with Gasteiger partial charge in [0.25, 0.3) is 0 Å². The van der Waals surface area contributed by atoms with Crippen molar-refractivity contribution in [2.24, 2.45) is 0 Å². The molecule has 0 spiro atoms. The summed E-state index contributed by atoms with van der Waals surface area (Å²) in [7, 11) is 0. The van der Waals surface area contributed by atoms with Crippen LogP contribution in [0.1, 0.15) is 41.3 Å². The highest BCUT2D eigenvalue weighted by molar-refractivity contribution is 7.18. The van der Waals surface area contributed by atoms with Gasteiger partial charge in [-0.05, 0) is 12.8 Å². The second-order valence-corrected chi connectivity index (χ2v) is 4.45. The van der Waals surface area contributed by atoms with Crippen molar-refractivity contribution in [1.82, 2.24) is 19.8 Å². The fourth-order valence-electron chi connectivity index (χ4n) is 1.37. The van der Waals surface area contributed by atoms with Crippen molar-refractivity contribution in [3.8, 4) is 0 Å². The first-order valence-electron chi connectivity index (χ1n) is 4.49. The van der Waals surface area contributed by atoms with E-state index in [0.29, 0.717) is 10.9 Å². The molecule has 3 rings (SSSR count). The average Bonchev–Trinajstić information content (AvgIpc) is 2.77. The number of hydrogen-bond acceptors (Lipinski definition) is 5. The Hall–Kier alpha value is -1.30. The number of hydrogen-bond donors (Lipinski definition) is 0. The maximum atomic E-state index is 11.1. The van der Waals surface area contributed by atoms with Gasteiger partial charge in [0.1, 0.15) is 0 Å². The van der Waals surface area contributed by atoms with Crippen LogP contribution < -0.4 is 0 Å². The number of aromatic nitrogens is 4. The molecule has 1 fully saturated rings. The summed E-state index contributed by atoms with van der Waals surface area (Å²) < 4.78 is 1.71. The first-order valence-corrected chi connectivity index (χ1v) is 5.30. The number of carbonyl (C=O) groups excluding carboxylic acids is 1. The van der Waals surface area contributed by atoms with Crippen LogP contribution >= 0.6 is 11.3 Å². The van der Waals surface area contributed by atoms with Crippen LogP contribution in [0.2, 0.25) is 0 Å². The molecule has 0 radical (unpaired) electrons. The largest absolute Gasteiger partial charge is 0.292 e. The normalized spacial score (nSPS) is 16.4. The van der Waals surface area contributed by atoms with Gasteiger partial charge in [-0.2, -0.15) is 4.52 Å². The maximum Gasteiger partial charge on any atom is 0.235 e. The van der Waals surface area contributed by atoms with Crippen molar-refractivity contribution >= 4 is 22.1 Å². The number of nitrogens with zero attached hydrogens (tertiary/aromatic N) is 4. The van der Waals surface area contributed by atoms with Gasteiger partial charge < -0.3 is 0 Å². The molecule has 1 aliphatic rings. The number of ketones is 1. The van der Waals surface area contributed by atoms with Crippen molar-refractivity contribution in [3.63, 3.8) is 0 Å². The van der Waals surface area contributed by atoms with Crippen LogP contribution in [0.15, 0.2) is 0 Å². The Bertz CT molecular complexity index is 510. The Morgan fingerprint density at radius 2 is 2.29 bits per heavy atom. The molecule has 2 aromatic heterocycles. The van der Waals surface area contributed by atoms with Crippen LogP contribution in [0.4, 0.5) is 0 Å². The summed E-state index contributed by atoms with van der Waals surface area (Å²) in [6.07, 6.45) is 2.32. The van der Waals surface area contributed by atoms with Crippen molar-refractivity contribution in [3.05, 3.63) is 10.8 Å². The van der Waals surface area contributed by atoms with E-state index in [1.54, 1.807) is 4.52 Å². The van der Waals surface area contributed by atoms with Crippen LogP contribution in [0.5, 0.6) is 0 Å². The Labute approximate surface area is 83.8 Å². The van der Waals surface area contributed by atoms with Crippen LogP contribution in [0.3, 0.4) is 0 Å². The molecule has 0 aromatic carbocycles. The molecule has 14 heavy (non-hydrogen) atoms. The zero-order valence-electron chi connectivity index (χ0n) is 7.60. The molecule has 0 bridgehead atoms. The minimum Gasteiger partial charge on any atom is -0.292 e. The van der Waals surface area contributed by atoms with E-state index in [0.717, 1.165) is 23.6 Å². The topological polar surface area (TPSA) is 60.2 Å². The standard InChI is InChI=1S/C8H8N4OS/c1-4(13)7-11-12-6(5-2-3-5)9-10-8(12)14-7/h5H,2-3H2,1H3. The summed E-state index contributed by atoms with van der Waals surface area (Å²) in [6.45, 7) is 1.52. The van der Waals surface area contributed by atoms with E-state index < -0.39 is 0 Å². The average molecular weight is 208 g/mol. The number of rotatable bonds is 2. The molecule has 0 aliphatic heterocycles. The highest BCUT2D eigenvalue weighted by Crippen LogP contribution is 2.39. The zero-order chi connectivity index (χ0) is 9.71. The van der Waals surface area contributed by atoms with Gasteiger partial charge >= 0.3 is 0 Å². The third-order valence-corrected chi connectivity index (χ3v) is 3.26. The van der Waals surface area contributed by atoms with E-state index in [1.165, 1.54) is 18.3 Å². The van der Waals surface area contributed by atoms with E-state index in [1.807, 2.05) is 0 Å². The molecule has 2 heterocycles. The molecular weight excluding hydrogens is 200 g/mol. The number of Topliss-reactive ketones (excluding diaryl/α,β-unsaturated/α-hetero) is 1. The van der Waals surface area contributed by atoms with Gasteiger partial charge in [-0.15, -0.1) is 15.3 Å². The predicted molar refractivity (Wildman–Crippen MR) is 50.6 cm³/mol. The molecule has 2 aromatic rings. The Kier molecular flexibility index (Phi) is 1.49. The van der Waals surface area contributed by atoms with Crippen LogP contribution in [-0.4, -0.2) is 25.6 Å². The molecule has 0 saturated heterocycles. The Morgan fingerprint density at radius 1 is 1.50 bits per heavy atom. The lowest BCUT2D eigenvalue weighted by Crippen LogP contribution is -1.97. The number of fused-ring (bicyclic) bond motifs is 1. The summed E-state index contributed by atoms with van der Waals surface area (Å²) >= 11 is 1.30. The molecule has 6 heteroatoms. The Balaban J connectivity index is 2.18. The molecule has 1 saturated carbocycles. The van der Waals surface area contributed by atoms with Gasteiger partial charge in [0.2, 0.25) is 4.96 Å². The molecule has 1 aliphatic carbocycles. The lowest BCUT2D eigenvalue weighted by Gasteiger charge is -1.88. The smallest absolute Gasteiger partial charge is 0.235 e. The summed E-state index contributed by atoms with van der Waals surface area (Å²) in [5, 5.41) is 12.8. The van der Waals surface area contributed by atoms with Gasteiger partial charge in [-0.3, -0.25) is 4.79 Å². The zero-order valence-corrected chi connectivity index (χ0v) is 8.41. The highest BCUT2D eigenvalue weighted by Gasteiger charge is 2.30. The molecule has 72 valence electrons. The fraction of sp³-hybridized carbons (Fsp3) is 0.500. The lowest BCUT2D eigenvalue weighted by atomic mass is 10.4. The van der Waals surface area contributed by atoms with Gasteiger partial charge in [-0.25, -0.2) is 0 Å². The molecule has 0 N–H and O–H groups in total. The Morgan fingerprint density at radius 3 is 2.93 bits per heavy atom. The van der Waals surface area contributed by atoms with Crippen LogP contribution in [0, 0.1) is 0 Å². The van der Waals surface area contributed by atoms with Gasteiger partial charge in [0.05, 0.1) is 0 Å². The van der Waals surface area contributed by atoms with Crippen molar-refractivity contribution in [1.29, 1.82) is 0 Å². The first-order chi connectivity index (χ1) is 6.75. The van der Waals surface area contributed by atoms with E-state index >= 15 is 0 Å². The van der Waals surface area contributed by atoms with E-state index in [4.69, 9.17) is 0 Å². The number of carbonyl (C=O) groups is 1. The lowest BCUT2D eigenvalue weighted by molar-refractivity contribution is 0.101. The quantitative estimate of drug-likeness (QED) is 0.697. The third-order valence-electron chi connectivity index (χ3n) is 2.26. The molecule has 5 nitrogen and oxygen atoms in total.